The number of alkyl halides is 3. The van der Waals surface area contributed by atoms with E-state index in [0.29, 0.717) is 12.0 Å². The van der Waals surface area contributed by atoms with Crippen molar-refractivity contribution in [3.63, 3.8) is 0 Å². The van der Waals surface area contributed by atoms with Crippen LogP contribution in [0.25, 0.3) is 0 Å². The minimum Gasteiger partial charge on any atom is -0.448 e. The zero-order valence-corrected chi connectivity index (χ0v) is 12.9. The largest absolute Gasteiger partial charge is 0.537 e. The van der Waals surface area contributed by atoms with E-state index in [1.807, 2.05) is 13.8 Å². The van der Waals surface area contributed by atoms with Crippen LogP contribution < -0.4 is 5.32 Å². The highest BCUT2D eigenvalue weighted by Gasteiger charge is 2.30. The molecule has 0 bridgehead atoms. The van der Waals surface area contributed by atoms with Crippen molar-refractivity contribution >= 4 is 18.6 Å². The molecular formula is C13H19ClF3NO4. The maximum atomic E-state index is 12.4. The number of hydrogen-bond donors (Lipinski definition) is 3. The number of carbonyl (C=O) groups is 1. The van der Waals surface area contributed by atoms with Crippen molar-refractivity contribution in [2.75, 3.05) is 6.54 Å². The predicted molar refractivity (Wildman–Crippen MR) is 77.3 cm³/mol. The number of carboxylic acid groups (broad SMARTS) is 1. The number of hydrogen-bond acceptors (Lipinski definition) is 4. The van der Waals surface area contributed by atoms with E-state index in [1.54, 1.807) is 6.07 Å². The Bertz CT molecular complexity index is 444. The number of benzene rings is 1. The lowest BCUT2D eigenvalue weighted by Crippen LogP contribution is -2.27. The van der Waals surface area contributed by atoms with E-state index in [1.165, 1.54) is 12.1 Å². The molecule has 0 aromatic heterocycles. The van der Waals surface area contributed by atoms with Gasteiger partial charge in [0, 0.05) is 6.04 Å². The second-order valence-corrected chi connectivity index (χ2v) is 4.22. The third-order valence-corrected chi connectivity index (χ3v) is 2.43. The molecule has 22 heavy (non-hydrogen) atoms. The van der Waals surface area contributed by atoms with Crippen molar-refractivity contribution in [1.82, 2.24) is 5.32 Å². The van der Waals surface area contributed by atoms with Crippen molar-refractivity contribution in [3.8, 4) is 0 Å². The smallest absolute Gasteiger partial charge is 0.448 e. The Kier molecular flexibility index (Phi) is 11.5. The molecule has 1 aromatic carbocycles. The van der Waals surface area contributed by atoms with Gasteiger partial charge in [-0.3, -0.25) is 4.89 Å². The maximum Gasteiger partial charge on any atom is 0.537 e. The Balaban J connectivity index is 0. The number of rotatable bonds is 4. The van der Waals surface area contributed by atoms with E-state index < -0.39 is 17.9 Å². The summed E-state index contributed by atoms with van der Waals surface area (Å²) in [5, 5.41) is 17.5. The van der Waals surface area contributed by atoms with Gasteiger partial charge in [0.2, 0.25) is 0 Å². The van der Waals surface area contributed by atoms with E-state index in [9.17, 15) is 13.2 Å². The first kappa shape index (κ1) is 22.8. The Hall–Kier alpha value is -1.51. The summed E-state index contributed by atoms with van der Waals surface area (Å²) in [6.45, 7) is 4.76. The summed E-state index contributed by atoms with van der Waals surface area (Å²) in [6.07, 6.45) is -5.33. The lowest BCUT2D eigenvalue weighted by Gasteiger charge is -2.13. The van der Waals surface area contributed by atoms with E-state index in [-0.39, 0.29) is 18.4 Å². The van der Waals surface area contributed by atoms with Crippen LogP contribution in [0.2, 0.25) is 0 Å². The molecule has 1 atom stereocenters. The highest BCUT2D eigenvalue weighted by atomic mass is 35.5. The average molecular weight is 346 g/mol. The Morgan fingerprint density at radius 3 is 2.36 bits per heavy atom. The van der Waals surface area contributed by atoms with Gasteiger partial charge >= 0.3 is 12.3 Å². The van der Waals surface area contributed by atoms with Crippen molar-refractivity contribution in [1.29, 1.82) is 0 Å². The van der Waals surface area contributed by atoms with Crippen molar-refractivity contribution in [3.05, 3.63) is 35.4 Å². The molecule has 5 nitrogen and oxygen atoms in total. The third kappa shape index (κ3) is 10.3. The first-order chi connectivity index (χ1) is 9.70. The molecule has 9 heteroatoms. The van der Waals surface area contributed by atoms with Gasteiger partial charge < -0.3 is 10.4 Å². The average Bonchev–Trinajstić information content (AvgIpc) is 2.39. The second kappa shape index (κ2) is 11.1. The van der Waals surface area contributed by atoms with Gasteiger partial charge in [0.1, 0.15) is 0 Å². The van der Waals surface area contributed by atoms with Gasteiger partial charge in [-0.1, -0.05) is 25.1 Å². The van der Waals surface area contributed by atoms with Crippen LogP contribution in [0.1, 0.15) is 25.0 Å². The molecular weight excluding hydrogens is 327 g/mol. The number of nitrogens with one attached hydrogen (secondary N) is 1. The van der Waals surface area contributed by atoms with Gasteiger partial charge in [0.25, 0.3) is 0 Å². The van der Waals surface area contributed by atoms with Crippen LogP contribution >= 0.6 is 12.4 Å². The maximum absolute atomic E-state index is 12.4. The van der Waals surface area contributed by atoms with Gasteiger partial charge in [0.15, 0.2) is 0 Å². The molecule has 1 rings (SSSR count). The Labute approximate surface area is 132 Å². The molecule has 1 unspecified atom stereocenters. The summed E-state index contributed by atoms with van der Waals surface area (Å²) in [5.74, 6) is 0. The van der Waals surface area contributed by atoms with Crippen LogP contribution in [0, 0.1) is 0 Å². The fourth-order valence-corrected chi connectivity index (χ4v) is 1.65. The van der Waals surface area contributed by atoms with Gasteiger partial charge in [-0.05, 0) is 31.5 Å². The molecule has 0 saturated heterocycles. The van der Waals surface area contributed by atoms with Gasteiger partial charge in [-0.25, -0.2) is 4.79 Å². The normalized spacial score (nSPS) is 11.5. The van der Waals surface area contributed by atoms with Crippen LogP contribution in [-0.2, 0) is 17.5 Å². The fraction of sp³-hybridized carbons (Fsp3) is 0.462. The molecule has 0 aliphatic rings. The molecule has 0 radical (unpaired) electrons. The van der Waals surface area contributed by atoms with Crippen molar-refractivity contribution in [2.24, 2.45) is 0 Å². The van der Waals surface area contributed by atoms with Crippen LogP contribution in [0.4, 0.5) is 18.0 Å². The summed E-state index contributed by atoms with van der Waals surface area (Å²) in [7, 11) is 0. The highest BCUT2D eigenvalue weighted by Crippen LogP contribution is 2.29. The summed E-state index contributed by atoms with van der Waals surface area (Å²) < 4.78 is 37.3. The van der Waals surface area contributed by atoms with E-state index >= 15 is 0 Å². The summed E-state index contributed by atoms with van der Waals surface area (Å²) in [5.41, 5.74) is 0.136. The predicted octanol–water partition coefficient (Wildman–Crippen LogP) is 3.82. The lowest BCUT2D eigenvalue weighted by molar-refractivity contribution is -0.194. The van der Waals surface area contributed by atoms with Crippen molar-refractivity contribution in [2.45, 2.75) is 32.5 Å². The first-order valence-electron chi connectivity index (χ1n) is 6.14. The highest BCUT2D eigenvalue weighted by molar-refractivity contribution is 5.85. The monoisotopic (exact) mass is 345 g/mol. The van der Waals surface area contributed by atoms with Crippen LogP contribution in [0.5, 0.6) is 0 Å². The zero-order chi connectivity index (χ0) is 16.5. The standard InChI is InChI=1S/C12H16F3N.CH2O4.ClH/c1-3-16-9(2)7-10-5-4-6-11(8-10)12(13,14)15;2-1(3)5-4;/h4-6,8-9,16H,3,7H2,1-2H3;4H,(H,2,3);1H. The zero-order valence-electron chi connectivity index (χ0n) is 12.1. The summed E-state index contributed by atoms with van der Waals surface area (Å²) in [4.78, 5) is 11.6. The van der Waals surface area contributed by atoms with E-state index in [4.69, 9.17) is 15.2 Å². The fourth-order valence-electron chi connectivity index (χ4n) is 1.65. The Morgan fingerprint density at radius 1 is 1.41 bits per heavy atom. The van der Waals surface area contributed by atoms with Crippen LogP contribution in [0.3, 0.4) is 0 Å². The summed E-state index contributed by atoms with van der Waals surface area (Å²) in [6, 6.07) is 5.68. The van der Waals surface area contributed by atoms with Gasteiger partial charge in [0.05, 0.1) is 5.56 Å². The molecule has 3 N–H and O–H groups in total. The molecule has 0 aliphatic carbocycles. The molecule has 0 spiro atoms. The quantitative estimate of drug-likeness (QED) is 0.571. The van der Waals surface area contributed by atoms with Crippen molar-refractivity contribution < 1.29 is 33.2 Å². The minimum atomic E-state index is -4.25. The molecule has 0 amide bonds. The minimum absolute atomic E-state index is 0. The first-order valence-corrected chi connectivity index (χ1v) is 6.14. The topological polar surface area (TPSA) is 78.8 Å². The number of likely N-dealkylation sites (N-methyl/N-ethyl adjacent to an activating group) is 1. The van der Waals surface area contributed by atoms with Crippen LogP contribution in [0.15, 0.2) is 24.3 Å². The third-order valence-electron chi connectivity index (χ3n) is 2.43. The molecule has 128 valence electrons. The molecule has 1 aromatic rings. The molecule has 0 fully saturated rings. The SMILES string of the molecule is CCNC(C)Cc1cccc(C(F)(F)F)c1.Cl.O=C(O)OO. The number of halogens is 4. The molecule has 0 heterocycles. The van der Waals surface area contributed by atoms with Gasteiger partial charge in [-0.15, -0.1) is 12.4 Å². The lowest BCUT2D eigenvalue weighted by atomic mass is 10.0. The van der Waals surface area contributed by atoms with Gasteiger partial charge in [-0.2, -0.15) is 18.4 Å². The molecule has 0 saturated carbocycles. The summed E-state index contributed by atoms with van der Waals surface area (Å²) >= 11 is 0. The van der Waals surface area contributed by atoms with E-state index in [2.05, 4.69) is 10.2 Å². The Morgan fingerprint density at radius 2 is 1.95 bits per heavy atom. The van der Waals surface area contributed by atoms with Crippen LogP contribution in [-0.4, -0.2) is 29.1 Å². The van der Waals surface area contributed by atoms with E-state index in [0.717, 1.165) is 12.6 Å². The second-order valence-electron chi connectivity index (χ2n) is 4.22. The molecule has 0 aliphatic heterocycles.